The molecule has 1 saturated carbocycles. The maximum atomic E-state index is 10.8. The van der Waals surface area contributed by atoms with E-state index in [0.29, 0.717) is 0 Å². The lowest BCUT2D eigenvalue weighted by molar-refractivity contribution is -0.143. The fourth-order valence-corrected chi connectivity index (χ4v) is 1.93. The summed E-state index contributed by atoms with van der Waals surface area (Å²) in [6.45, 7) is 2.89. The highest BCUT2D eigenvalue weighted by molar-refractivity contribution is 5.71. The van der Waals surface area contributed by atoms with Gasteiger partial charge in [0.1, 0.15) is 0 Å². The summed E-state index contributed by atoms with van der Waals surface area (Å²) >= 11 is 0. The number of hydrogen-bond donors (Lipinski definition) is 2. The second-order valence-electron chi connectivity index (χ2n) is 3.39. The van der Waals surface area contributed by atoms with Gasteiger partial charge in [-0.15, -0.1) is 0 Å². The molecule has 1 aliphatic rings. The smallest absolute Gasteiger partial charge is 0.308 e. The van der Waals surface area contributed by atoms with E-state index in [1.165, 1.54) is 6.42 Å². The van der Waals surface area contributed by atoms with E-state index in [0.717, 1.165) is 25.8 Å². The number of carboxylic acids is 1. The Kier molecular flexibility index (Phi) is 3.53. The first-order chi connectivity index (χ1) is 5.75. The molecule has 2 N–H and O–H groups in total. The van der Waals surface area contributed by atoms with Gasteiger partial charge in [-0.25, -0.2) is 0 Å². The van der Waals surface area contributed by atoms with Crippen LogP contribution in [0.25, 0.3) is 0 Å². The molecule has 12 heavy (non-hydrogen) atoms. The van der Waals surface area contributed by atoms with Crippen molar-refractivity contribution in [1.82, 2.24) is 5.32 Å². The number of nitrogens with one attached hydrogen (secondary N) is 1. The molecule has 0 bridgehead atoms. The molecule has 0 aromatic heterocycles. The Balaban J connectivity index is 2.48. The minimum Gasteiger partial charge on any atom is -0.481 e. The summed E-state index contributed by atoms with van der Waals surface area (Å²) in [5, 5.41) is 12.1. The molecule has 0 spiro atoms. The van der Waals surface area contributed by atoms with Crippen LogP contribution in [0.15, 0.2) is 0 Å². The average Bonchev–Trinajstić information content (AvgIpc) is 2.05. The van der Waals surface area contributed by atoms with Crippen LogP contribution in [0.1, 0.15) is 32.6 Å². The predicted molar refractivity (Wildman–Crippen MR) is 47.1 cm³/mol. The number of hydrogen-bond acceptors (Lipinski definition) is 2. The summed E-state index contributed by atoms with van der Waals surface area (Å²) in [6, 6.07) is 0.209. The van der Waals surface area contributed by atoms with E-state index in [1.54, 1.807) is 0 Å². The maximum absolute atomic E-state index is 10.8. The van der Waals surface area contributed by atoms with Crippen molar-refractivity contribution in [1.29, 1.82) is 0 Å². The normalized spacial score (nSPS) is 30.1. The van der Waals surface area contributed by atoms with Gasteiger partial charge in [0.25, 0.3) is 0 Å². The van der Waals surface area contributed by atoms with Crippen LogP contribution >= 0.6 is 0 Å². The van der Waals surface area contributed by atoms with E-state index >= 15 is 0 Å². The van der Waals surface area contributed by atoms with Crippen LogP contribution in [0.4, 0.5) is 0 Å². The van der Waals surface area contributed by atoms with Gasteiger partial charge in [-0.1, -0.05) is 19.8 Å². The van der Waals surface area contributed by atoms with Crippen LogP contribution in [-0.2, 0) is 4.79 Å². The SMILES string of the molecule is CCN[C@@H]1CCCC[C@@H]1C(=O)O. The predicted octanol–water partition coefficient (Wildman–Crippen LogP) is 1.24. The lowest BCUT2D eigenvalue weighted by Crippen LogP contribution is -2.42. The van der Waals surface area contributed by atoms with Gasteiger partial charge >= 0.3 is 5.97 Å². The molecular weight excluding hydrogens is 154 g/mol. The van der Waals surface area contributed by atoms with Gasteiger partial charge < -0.3 is 10.4 Å². The van der Waals surface area contributed by atoms with Crippen molar-refractivity contribution in [3.05, 3.63) is 0 Å². The van der Waals surface area contributed by atoms with E-state index in [2.05, 4.69) is 5.32 Å². The van der Waals surface area contributed by atoms with Crippen molar-refractivity contribution in [2.45, 2.75) is 38.6 Å². The van der Waals surface area contributed by atoms with Crippen LogP contribution in [0.2, 0.25) is 0 Å². The number of rotatable bonds is 3. The Labute approximate surface area is 73.2 Å². The van der Waals surface area contributed by atoms with Gasteiger partial charge in [-0.05, 0) is 19.4 Å². The summed E-state index contributed by atoms with van der Waals surface area (Å²) in [4.78, 5) is 10.8. The van der Waals surface area contributed by atoms with Gasteiger partial charge in [-0.3, -0.25) is 4.79 Å². The van der Waals surface area contributed by atoms with Crippen molar-refractivity contribution in [2.75, 3.05) is 6.54 Å². The van der Waals surface area contributed by atoms with Crippen molar-refractivity contribution in [3.63, 3.8) is 0 Å². The second-order valence-corrected chi connectivity index (χ2v) is 3.39. The van der Waals surface area contributed by atoms with Crippen LogP contribution in [0.3, 0.4) is 0 Å². The minimum absolute atomic E-state index is 0.154. The highest BCUT2D eigenvalue weighted by Crippen LogP contribution is 2.24. The molecule has 3 heteroatoms. The first-order valence-electron chi connectivity index (χ1n) is 4.72. The van der Waals surface area contributed by atoms with E-state index in [4.69, 9.17) is 5.11 Å². The highest BCUT2D eigenvalue weighted by Gasteiger charge is 2.29. The molecule has 0 unspecified atom stereocenters. The molecule has 0 aliphatic heterocycles. The third kappa shape index (κ3) is 2.21. The zero-order valence-electron chi connectivity index (χ0n) is 7.55. The molecule has 0 saturated heterocycles. The Morgan fingerprint density at radius 2 is 2.17 bits per heavy atom. The molecular formula is C9H17NO2. The largest absolute Gasteiger partial charge is 0.481 e. The van der Waals surface area contributed by atoms with Gasteiger partial charge in [0.15, 0.2) is 0 Å². The van der Waals surface area contributed by atoms with Crippen LogP contribution in [0.5, 0.6) is 0 Å². The van der Waals surface area contributed by atoms with Crippen molar-refractivity contribution in [3.8, 4) is 0 Å². The fraction of sp³-hybridized carbons (Fsp3) is 0.889. The summed E-state index contributed by atoms with van der Waals surface area (Å²) in [6.07, 6.45) is 4.10. The fourth-order valence-electron chi connectivity index (χ4n) is 1.93. The van der Waals surface area contributed by atoms with Crippen molar-refractivity contribution in [2.24, 2.45) is 5.92 Å². The van der Waals surface area contributed by atoms with Gasteiger partial charge in [0, 0.05) is 6.04 Å². The molecule has 1 fully saturated rings. The molecule has 0 heterocycles. The maximum Gasteiger partial charge on any atom is 0.308 e. The van der Waals surface area contributed by atoms with Crippen molar-refractivity contribution < 1.29 is 9.90 Å². The van der Waals surface area contributed by atoms with E-state index < -0.39 is 5.97 Å². The number of aliphatic carboxylic acids is 1. The summed E-state index contributed by atoms with van der Waals surface area (Å²) in [5.74, 6) is -0.792. The monoisotopic (exact) mass is 171 g/mol. The number of carbonyl (C=O) groups is 1. The molecule has 2 atom stereocenters. The van der Waals surface area contributed by atoms with E-state index in [9.17, 15) is 4.79 Å². The Bertz CT molecular complexity index is 157. The molecule has 1 rings (SSSR count). The minimum atomic E-state index is -0.638. The quantitative estimate of drug-likeness (QED) is 0.671. The zero-order chi connectivity index (χ0) is 8.97. The highest BCUT2D eigenvalue weighted by atomic mass is 16.4. The lowest BCUT2D eigenvalue weighted by atomic mass is 9.84. The van der Waals surface area contributed by atoms with E-state index in [1.807, 2.05) is 6.92 Å². The first kappa shape index (κ1) is 9.52. The molecule has 70 valence electrons. The van der Waals surface area contributed by atoms with Gasteiger partial charge in [0.2, 0.25) is 0 Å². The Morgan fingerprint density at radius 1 is 1.50 bits per heavy atom. The molecule has 0 aromatic carbocycles. The van der Waals surface area contributed by atoms with Gasteiger partial charge in [-0.2, -0.15) is 0 Å². The number of carboxylic acid groups (broad SMARTS) is 1. The molecule has 3 nitrogen and oxygen atoms in total. The summed E-state index contributed by atoms with van der Waals surface area (Å²) in [5.41, 5.74) is 0. The standard InChI is InChI=1S/C9H17NO2/c1-2-10-8-6-4-3-5-7(8)9(11)12/h7-8,10H,2-6H2,1H3,(H,11,12)/t7-,8+/m0/s1. The molecule has 0 radical (unpaired) electrons. The zero-order valence-corrected chi connectivity index (χ0v) is 7.55. The summed E-state index contributed by atoms with van der Waals surface area (Å²) in [7, 11) is 0. The Hall–Kier alpha value is -0.570. The second kappa shape index (κ2) is 4.45. The van der Waals surface area contributed by atoms with Crippen molar-refractivity contribution >= 4 is 5.97 Å². The van der Waals surface area contributed by atoms with Crippen LogP contribution in [-0.4, -0.2) is 23.7 Å². The first-order valence-corrected chi connectivity index (χ1v) is 4.72. The van der Waals surface area contributed by atoms with Gasteiger partial charge in [0.05, 0.1) is 5.92 Å². The Morgan fingerprint density at radius 3 is 2.75 bits per heavy atom. The third-order valence-electron chi connectivity index (χ3n) is 2.55. The molecule has 0 amide bonds. The topological polar surface area (TPSA) is 49.3 Å². The van der Waals surface area contributed by atoms with Crippen LogP contribution < -0.4 is 5.32 Å². The molecule has 0 aromatic rings. The third-order valence-corrected chi connectivity index (χ3v) is 2.55. The molecule has 1 aliphatic carbocycles. The lowest BCUT2D eigenvalue weighted by Gasteiger charge is -2.28. The van der Waals surface area contributed by atoms with E-state index in [-0.39, 0.29) is 12.0 Å². The van der Waals surface area contributed by atoms with Crippen LogP contribution in [0, 0.1) is 5.92 Å². The average molecular weight is 171 g/mol. The summed E-state index contributed by atoms with van der Waals surface area (Å²) < 4.78 is 0.